The molecule has 0 spiro atoms. The Morgan fingerprint density at radius 1 is 1.25 bits per heavy atom. The van der Waals surface area contributed by atoms with Crippen molar-refractivity contribution in [1.29, 1.82) is 0 Å². The Labute approximate surface area is 167 Å². The lowest BCUT2D eigenvalue weighted by molar-refractivity contribution is -0.143. The number of esters is 1. The molecule has 0 unspecified atom stereocenters. The van der Waals surface area contributed by atoms with Crippen molar-refractivity contribution < 1.29 is 19.1 Å². The second-order valence-electron chi connectivity index (χ2n) is 6.92. The first kappa shape index (κ1) is 20.3. The van der Waals surface area contributed by atoms with Crippen LogP contribution in [0.25, 0.3) is 10.2 Å². The highest BCUT2D eigenvalue weighted by Gasteiger charge is 2.21. The van der Waals surface area contributed by atoms with Crippen LogP contribution in [0.2, 0.25) is 0 Å². The summed E-state index contributed by atoms with van der Waals surface area (Å²) in [6, 6.07) is 5.42. The smallest absolute Gasteiger partial charge is 0.326 e. The highest BCUT2D eigenvalue weighted by Crippen LogP contribution is 2.25. The Kier molecular flexibility index (Phi) is 6.61. The number of rotatable bonds is 5. The van der Waals surface area contributed by atoms with Crippen molar-refractivity contribution in [1.82, 2.24) is 4.57 Å². The monoisotopic (exact) mass is 403 g/mol. The van der Waals surface area contributed by atoms with Gasteiger partial charge in [-0.25, -0.2) is 0 Å². The maximum absolute atomic E-state index is 12.7. The van der Waals surface area contributed by atoms with Crippen molar-refractivity contribution in [3.63, 3.8) is 0 Å². The number of benzene rings is 1. The first-order valence-electron chi connectivity index (χ1n) is 9.63. The van der Waals surface area contributed by atoms with Crippen LogP contribution in [0.15, 0.2) is 23.2 Å². The molecule has 1 N–H and O–H groups in total. The zero-order valence-corrected chi connectivity index (χ0v) is 17.0. The number of amides is 2. The van der Waals surface area contributed by atoms with Crippen molar-refractivity contribution in [3.05, 3.63) is 23.0 Å². The topological polar surface area (TPSA) is 89.8 Å². The van der Waals surface area contributed by atoms with E-state index in [9.17, 15) is 14.4 Å². The molecule has 28 heavy (non-hydrogen) atoms. The van der Waals surface area contributed by atoms with Gasteiger partial charge in [-0.1, -0.05) is 30.6 Å². The second kappa shape index (κ2) is 9.14. The minimum atomic E-state index is -0.375. The molecule has 2 aromatic rings. The molecule has 0 bridgehead atoms. The lowest BCUT2D eigenvalue weighted by Crippen LogP contribution is -2.25. The SMILES string of the molecule is CCOC(=O)Cn1c(=NC(=O)C2CCCCC2)sc2cc(NC(C)=O)ccc21. The number of fused-ring (bicyclic) bond motifs is 1. The first-order chi connectivity index (χ1) is 13.5. The Hall–Kier alpha value is -2.48. The third-order valence-corrected chi connectivity index (χ3v) is 5.80. The fourth-order valence-electron chi connectivity index (χ4n) is 3.46. The lowest BCUT2D eigenvalue weighted by atomic mass is 9.89. The summed E-state index contributed by atoms with van der Waals surface area (Å²) in [5.74, 6) is -0.691. The Bertz CT molecular complexity index is 954. The first-order valence-corrected chi connectivity index (χ1v) is 10.4. The van der Waals surface area contributed by atoms with E-state index in [2.05, 4.69) is 10.3 Å². The number of hydrogen-bond donors (Lipinski definition) is 1. The summed E-state index contributed by atoms with van der Waals surface area (Å²) in [6.45, 7) is 3.49. The Balaban J connectivity index is 2.02. The van der Waals surface area contributed by atoms with Crippen LogP contribution in [0.4, 0.5) is 5.69 Å². The fraction of sp³-hybridized carbons (Fsp3) is 0.500. The quantitative estimate of drug-likeness (QED) is 0.776. The van der Waals surface area contributed by atoms with Gasteiger partial charge < -0.3 is 14.6 Å². The molecule has 150 valence electrons. The second-order valence-corrected chi connectivity index (χ2v) is 7.93. The highest BCUT2D eigenvalue weighted by molar-refractivity contribution is 7.16. The molecule has 1 aromatic carbocycles. The third kappa shape index (κ3) is 4.86. The van der Waals surface area contributed by atoms with E-state index < -0.39 is 0 Å². The van der Waals surface area contributed by atoms with Gasteiger partial charge in [-0.15, -0.1) is 0 Å². The minimum absolute atomic E-state index is 0.00982. The van der Waals surface area contributed by atoms with Gasteiger partial charge in [0.05, 0.1) is 16.8 Å². The van der Waals surface area contributed by atoms with Gasteiger partial charge in [0.1, 0.15) is 6.54 Å². The van der Waals surface area contributed by atoms with Crippen molar-refractivity contribution in [2.45, 2.75) is 52.5 Å². The number of hydrogen-bond acceptors (Lipinski definition) is 5. The zero-order valence-electron chi connectivity index (χ0n) is 16.2. The molecule has 1 fully saturated rings. The van der Waals surface area contributed by atoms with Gasteiger partial charge in [-0.05, 0) is 38.0 Å². The lowest BCUT2D eigenvalue weighted by Gasteiger charge is -2.17. The molecule has 0 aliphatic heterocycles. The van der Waals surface area contributed by atoms with Crippen LogP contribution < -0.4 is 10.1 Å². The molecular weight excluding hydrogens is 378 g/mol. The molecule has 1 aliphatic rings. The summed E-state index contributed by atoms with van der Waals surface area (Å²) in [5, 5.41) is 2.75. The van der Waals surface area contributed by atoms with E-state index in [-0.39, 0.29) is 30.2 Å². The molecule has 1 saturated carbocycles. The Morgan fingerprint density at radius 2 is 2.00 bits per heavy atom. The normalized spacial score (nSPS) is 15.6. The maximum atomic E-state index is 12.7. The van der Waals surface area contributed by atoms with Gasteiger partial charge in [0.15, 0.2) is 4.80 Å². The zero-order chi connectivity index (χ0) is 20.1. The molecule has 0 saturated heterocycles. The standard InChI is InChI=1S/C20H25N3O4S/c1-3-27-18(25)12-23-16-10-9-15(21-13(2)24)11-17(16)28-20(23)22-19(26)14-7-5-4-6-8-14/h9-11,14H,3-8,12H2,1-2H3,(H,21,24). The van der Waals surface area contributed by atoms with E-state index in [1.54, 1.807) is 17.6 Å². The molecule has 3 rings (SSSR count). The van der Waals surface area contributed by atoms with Crippen LogP contribution in [0.3, 0.4) is 0 Å². The maximum Gasteiger partial charge on any atom is 0.326 e. The average Bonchev–Trinajstić information content (AvgIpc) is 2.98. The number of nitrogens with one attached hydrogen (secondary N) is 1. The summed E-state index contributed by atoms with van der Waals surface area (Å²) in [6.07, 6.45) is 5.03. The third-order valence-electron chi connectivity index (χ3n) is 4.76. The molecule has 2 amide bonds. The fourth-order valence-corrected chi connectivity index (χ4v) is 4.54. The van der Waals surface area contributed by atoms with Crippen LogP contribution in [0.5, 0.6) is 0 Å². The summed E-state index contributed by atoms with van der Waals surface area (Å²) >= 11 is 1.33. The van der Waals surface area contributed by atoms with Gasteiger partial charge in [-0.2, -0.15) is 4.99 Å². The van der Waals surface area contributed by atoms with Crippen molar-refractivity contribution in [2.75, 3.05) is 11.9 Å². The predicted molar refractivity (Wildman–Crippen MR) is 108 cm³/mol. The molecule has 8 heteroatoms. The van der Waals surface area contributed by atoms with E-state index in [4.69, 9.17) is 4.74 Å². The van der Waals surface area contributed by atoms with E-state index in [1.807, 2.05) is 12.1 Å². The van der Waals surface area contributed by atoms with Gasteiger partial charge in [-0.3, -0.25) is 14.4 Å². The van der Waals surface area contributed by atoms with E-state index in [0.29, 0.717) is 17.1 Å². The number of carbonyl (C=O) groups is 3. The Morgan fingerprint density at radius 3 is 2.68 bits per heavy atom. The predicted octanol–water partition coefficient (Wildman–Crippen LogP) is 3.23. The van der Waals surface area contributed by atoms with Gasteiger partial charge >= 0.3 is 5.97 Å². The van der Waals surface area contributed by atoms with Crippen LogP contribution in [-0.2, 0) is 25.7 Å². The number of carbonyl (C=O) groups excluding carboxylic acids is 3. The molecule has 0 atom stereocenters. The van der Waals surface area contributed by atoms with E-state index in [0.717, 1.165) is 35.9 Å². The van der Waals surface area contributed by atoms with Crippen molar-refractivity contribution in [2.24, 2.45) is 10.9 Å². The van der Waals surface area contributed by atoms with Crippen LogP contribution >= 0.6 is 11.3 Å². The molecule has 0 radical (unpaired) electrons. The average molecular weight is 404 g/mol. The van der Waals surface area contributed by atoms with E-state index in [1.165, 1.54) is 24.7 Å². The van der Waals surface area contributed by atoms with Gasteiger partial charge in [0.2, 0.25) is 5.91 Å². The number of nitrogens with zero attached hydrogens (tertiary/aromatic N) is 2. The number of thiazole rings is 1. The molecule has 1 aromatic heterocycles. The summed E-state index contributed by atoms with van der Waals surface area (Å²) in [5.41, 5.74) is 1.44. The van der Waals surface area contributed by atoms with Crippen LogP contribution in [0, 0.1) is 5.92 Å². The van der Waals surface area contributed by atoms with E-state index >= 15 is 0 Å². The summed E-state index contributed by atoms with van der Waals surface area (Å²) in [7, 11) is 0. The largest absolute Gasteiger partial charge is 0.465 e. The van der Waals surface area contributed by atoms with Gasteiger partial charge in [0.25, 0.3) is 5.91 Å². The van der Waals surface area contributed by atoms with Gasteiger partial charge in [0, 0.05) is 18.5 Å². The van der Waals surface area contributed by atoms with Crippen molar-refractivity contribution in [3.8, 4) is 0 Å². The number of anilines is 1. The molecule has 7 nitrogen and oxygen atoms in total. The highest BCUT2D eigenvalue weighted by atomic mass is 32.1. The van der Waals surface area contributed by atoms with Crippen molar-refractivity contribution >= 4 is 45.0 Å². The summed E-state index contributed by atoms with van der Waals surface area (Å²) in [4.78, 5) is 40.9. The number of aromatic nitrogens is 1. The van der Waals surface area contributed by atoms with Crippen LogP contribution in [0.1, 0.15) is 46.0 Å². The summed E-state index contributed by atoms with van der Waals surface area (Å²) < 4.78 is 7.64. The minimum Gasteiger partial charge on any atom is -0.465 e. The number of ether oxygens (including phenoxy) is 1. The molecule has 1 aliphatic carbocycles. The molecule has 1 heterocycles. The van der Waals surface area contributed by atoms with Crippen LogP contribution in [-0.4, -0.2) is 29.0 Å². The molecular formula is C20H25N3O4S.